The Hall–Kier alpha value is -1.59. The Morgan fingerprint density at radius 1 is 1.57 bits per heavy atom. The van der Waals surface area contributed by atoms with E-state index < -0.39 is 12.2 Å². The second kappa shape index (κ2) is 6.45. The third-order valence-electron chi connectivity index (χ3n) is 3.45. The van der Waals surface area contributed by atoms with Gasteiger partial charge in [0.2, 0.25) is 0 Å². The molecule has 1 N–H and O–H groups in total. The Morgan fingerprint density at radius 3 is 2.81 bits per heavy atom. The number of rotatable bonds is 4. The molecule has 1 aliphatic rings. The van der Waals surface area contributed by atoms with Crippen molar-refractivity contribution in [3.05, 3.63) is 39.2 Å². The molecule has 114 valence electrons. The number of allylic oxidation sites excluding steroid dienone is 1. The van der Waals surface area contributed by atoms with Crippen molar-refractivity contribution >= 4 is 23.4 Å². The van der Waals surface area contributed by atoms with Crippen LogP contribution in [0.5, 0.6) is 0 Å². The standard InChI is InChI=1S/C16H21NO3S/c1-10(2)9-17-11(3)14(16(19)20-4)13(15(17)18)8-12-6-5-7-21-12/h5-8,10,15,18H,9H2,1-4H3. The van der Waals surface area contributed by atoms with Crippen LogP contribution in [0.15, 0.2) is 34.4 Å². The molecule has 5 heteroatoms. The maximum atomic E-state index is 12.1. The van der Waals surface area contributed by atoms with Crippen molar-refractivity contribution in [2.75, 3.05) is 13.7 Å². The van der Waals surface area contributed by atoms with E-state index in [0.717, 1.165) is 10.6 Å². The molecular weight excluding hydrogens is 286 g/mol. The lowest BCUT2D eigenvalue weighted by atomic mass is 10.1. The van der Waals surface area contributed by atoms with E-state index in [4.69, 9.17) is 4.74 Å². The number of thiophene rings is 1. The van der Waals surface area contributed by atoms with Crippen LogP contribution in [0.1, 0.15) is 25.6 Å². The highest BCUT2D eigenvalue weighted by atomic mass is 32.1. The smallest absolute Gasteiger partial charge is 0.340 e. The van der Waals surface area contributed by atoms with Crippen molar-refractivity contribution in [3.63, 3.8) is 0 Å². The fourth-order valence-corrected chi connectivity index (χ4v) is 3.17. The van der Waals surface area contributed by atoms with E-state index in [9.17, 15) is 9.90 Å². The molecule has 1 aromatic heterocycles. The number of aliphatic hydroxyl groups excluding tert-OH is 1. The van der Waals surface area contributed by atoms with Crippen molar-refractivity contribution in [3.8, 4) is 0 Å². The van der Waals surface area contributed by atoms with Crippen LogP contribution < -0.4 is 0 Å². The van der Waals surface area contributed by atoms with Crippen LogP contribution >= 0.6 is 11.3 Å². The summed E-state index contributed by atoms with van der Waals surface area (Å²) in [5.74, 6) is -0.0183. The highest BCUT2D eigenvalue weighted by Gasteiger charge is 2.36. The number of hydrogen-bond acceptors (Lipinski definition) is 5. The minimum Gasteiger partial charge on any atom is -0.465 e. The molecule has 4 nitrogen and oxygen atoms in total. The van der Waals surface area contributed by atoms with Gasteiger partial charge in [-0.2, -0.15) is 0 Å². The summed E-state index contributed by atoms with van der Waals surface area (Å²) in [4.78, 5) is 14.9. The van der Waals surface area contributed by atoms with Crippen LogP contribution in [-0.4, -0.2) is 35.9 Å². The predicted molar refractivity (Wildman–Crippen MR) is 84.6 cm³/mol. The quantitative estimate of drug-likeness (QED) is 0.869. The Morgan fingerprint density at radius 2 is 2.29 bits per heavy atom. The van der Waals surface area contributed by atoms with Crippen LogP contribution in [0.4, 0.5) is 0 Å². The number of ether oxygens (including phenoxy) is 1. The van der Waals surface area contributed by atoms with E-state index in [2.05, 4.69) is 13.8 Å². The van der Waals surface area contributed by atoms with Crippen molar-refractivity contribution in [1.29, 1.82) is 0 Å². The van der Waals surface area contributed by atoms with E-state index in [1.165, 1.54) is 7.11 Å². The Labute approximate surface area is 129 Å². The summed E-state index contributed by atoms with van der Waals surface area (Å²) in [5, 5.41) is 12.6. The Bertz CT molecular complexity index is 572. The molecule has 0 amide bonds. The topological polar surface area (TPSA) is 49.8 Å². The first-order valence-electron chi connectivity index (χ1n) is 6.95. The molecule has 0 saturated carbocycles. The molecule has 21 heavy (non-hydrogen) atoms. The van der Waals surface area contributed by atoms with Gasteiger partial charge in [-0.1, -0.05) is 19.9 Å². The van der Waals surface area contributed by atoms with Crippen LogP contribution in [0.2, 0.25) is 0 Å². The van der Waals surface area contributed by atoms with Crippen LogP contribution in [-0.2, 0) is 9.53 Å². The number of methoxy groups -OCH3 is 1. The zero-order valence-corrected chi connectivity index (χ0v) is 13.6. The van der Waals surface area contributed by atoms with Crippen LogP contribution in [0.25, 0.3) is 6.08 Å². The summed E-state index contributed by atoms with van der Waals surface area (Å²) in [6.45, 7) is 6.71. The number of carbonyl (C=O) groups is 1. The first-order valence-corrected chi connectivity index (χ1v) is 7.83. The molecule has 0 aliphatic carbocycles. The molecule has 0 bridgehead atoms. The monoisotopic (exact) mass is 307 g/mol. The van der Waals surface area contributed by atoms with Gasteiger partial charge < -0.3 is 14.7 Å². The molecule has 0 spiro atoms. The summed E-state index contributed by atoms with van der Waals surface area (Å²) < 4.78 is 4.88. The summed E-state index contributed by atoms with van der Waals surface area (Å²) in [5.41, 5.74) is 1.85. The van der Waals surface area contributed by atoms with Gasteiger partial charge in [0.05, 0.1) is 12.7 Å². The van der Waals surface area contributed by atoms with Gasteiger partial charge in [-0.3, -0.25) is 0 Å². The normalized spacial score (nSPS) is 20.8. The number of aliphatic hydroxyl groups is 1. The minimum atomic E-state index is -0.802. The molecule has 2 rings (SSSR count). The van der Waals surface area contributed by atoms with Gasteiger partial charge in [-0.05, 0) is 30.4 Å². The molecule has 0 aromatic carbocycles. The number of esters is 1. The fraction of sp³-hybridized carbons (Fsp3) is 0.438. The van der Waals surface area contributed by atoms with Crippen LogP contribution in [0.3, 0.4) is 0 Å². The SMILES string of the molecule is COC(=O)C1=C(C)N(CC(C)C)C(O)C1=Cc1cccs1. The molecule has 1 aromatic rings. The third-order valence-corrected chi connectivity index (χ3v) is 4.27. The van der Waals surface area contributed by atoms with E-state index in [1.54, 1.807) is 11.3 Å². The molecule has 1 unspecified atom stereocenters. The van der Waals surface area contributed by atoms with Crippen molar-refractivity contribution in [2.45, 2.75) is 27.0 Å². The number of hydrogen-bond donors (Lipinski definition) is 1. The van der Waals surface area contributed by atoms with E-state index in [-0.39, 0.29) is 0 Å². The Balaban J connectivity index is 2.45. The molecule has 1 atom stereocenters. The van der Waals surface area contributed by atoms with Crippen molar-refractivity contribution in [2.24, 2.45) is 5.92 Å². The van der Waals surface area contributed by atoms with Crippen LogP contribution in [0, 0.1) is 5.92 Å². The minimum absolute atomic E-state index is 0.384. The first kappa shape index (κ1) is 15.8. The van der Waals surface area contributed by atoms with Crippen molar-refractivity contribution < 1.29 is 14.6 Å². The predicted octanol–water partition coefficient (Wildman–Crippen LogP) is 2.87. The molecule has 0 saturated heterocycles. The summed E-state index contributed by atoms with van der Waals surface area (Å²) in [6, 6.07) is 3.90. The highest BCUT2D eigenvalue weighted by Crippen LogP contribution is 2.35. The van der Waals surface area contributed by atoms with Gasteiger partial charge in [0.15, 0.2) is 6.23 Å². The lowest BCUT2D eigenvalue weighted by Gasteiger charge is -2.26. The maximum absolute atomic E-state index is 12.1. The average Bonchev–Trinajstić information content (AvgIpc) is 3.01. The van der Waals surface area contributed by atoms with Gasteiger partial charge in [-0.25, -0.2) is 4.79 Å². The number of nitrogens with zero attached hydrogens (tertiary/aromatic N) is 1. The van der Waals surface area contributed by atoms with Gasteiger partial charge in [0.25, 0.3) is 0 Å². The van der Waals surface area contributed by atoms with Gasteiger partial charge >= 0.3 is 5.97 Å². The largest absolute Gasteiger partial charge is 0.465 e. The second-order valence-electron chi connectivity index (χ2n) is 5.49. The third kappa shape index (κ3) is 3.19. The molecule has 1 aliphatic heterocycles. The van der Waals surface area contributed by atoms with Gasteiger partial charge in [-0.15, -0.1) is 11.3 Å². The highest BCUT2D eigenvalue weighted by molar-refractivity contribution is 7.10. The summed E-state index contributed by atoms with van der Waals surface area (Å²) in [6.07, 6.45) is 1.06. The lowest BCUT2D eigenvalue weighted by Crippen LogP contribution is -2.33. The Kier molecular flexibility index (Phi) is 4.85. The zero-order chi connectivity index (χ0) is 15.6. The first-order chi connectivity index (χ1) is 9.95. The molecular formula is C16H21NO3S. The van der Waals surface area contributed by atoms with Gasteiger partial charge in [0, 0.05) is 22.7 Å². The van der Waals surface area contributed by atoms with E-state index in [1.807, 2.05) is 35.4 Å². The molecule has 0 fully saturated rings. The molecule has 2 heterocycles. The average molecular weight is 307 g/mol. The second-order valence-corrected chi connectivity index (χ2v) is 6.47. The van der Waals surface area contributed by atoms with E-state index in [0.29, 0.717) is 23.6 Å². The van der Waals surface area contributed by atoms with Gasteiger partial charge in [0.1, 0.15) is 0 Å². The number of carbonyl (C=O) groups excluding carboxylic acids is 1. The van der Waals surface area contributed by atoms with E-state index >= 15 is 0 Å². The zero-order valence-electron chi connectivity index (χ0n) is 12.8. The van der Waals surface area contributed by atoms with Crippen molar-refractivity contribution in [1.82, 2.24) is 4.90 Å². The fourth-order valence-electron chi connectivity index (χ4n) is 2.50. The summed E-state index contributed by atoms with van der Waals surface area (Å²) in [7, 11) is 1.36. The lowest BCUT2D eigenvalue weighted by molar-refractivity contribution is -0.135. The maximum Gasteiger partial charge on any atom is 0.340 e. The molecule has 0 radical (unpaired) electrons. The summed E-state index contributed by atoms with van der Waals surface area (Å²) >= 11 is 1.57.